The third-order valence-corrected chi connectivity index (χ3v) is 5.12. The van der Waals surface area contributed by atoms with E-state index < -0.39 is 17.8 Å². The van der Waals surface area contributed by atoms with Gasteiger partial charge < -0.3 is 19.8 Å². The number of carbonyl (C=O) groups excluding carboxylic acids is 1. The van der Waals surface area contributed by atoms with Gasteiger partial charge in [0, 0.05) is 6.04 Å². The van der Waals surface area contributed by atoms with E-state index in [1.807, 2.05) is 32.7 Å². The largest absolute Gasteiger partial charge is 0.459 e. The standard InChI is InChI=1S/C20H41NO4/c1-9-11-12-21(8)16(6)18(22)20(7,24)17(10-2)25-19(23)15(5)13-14(3)4/h14-18,22,24H,9-13H2,1-8H3. The second-order valence-electron chi connectivity index (χ2n) is 8.11. The molecule has 0 aromatic heterocycles. The Balaban J connectivity index is 5.00. The molecule has 0 spiro atoms. The Hall–Kier alpha value is -0.650. The molecule has 0 aliphatic carbocycles. The van der Waals surface area contributed by atoms with Crippen LogP contribution in [0, 0.1) is 11.8 Å². The molecule has 0 rings (SSSR count). The van der Waals surface area contributed by atoms with Crippen LogP contribution in [-0.2, 0) is 9.53 Å². The van der Waals surface area contributed by atoms with E-state index in [-0.39, 0.29) is 17.9 Å². The van der Waals surface area contributed by atoms with Crippen LogP contribution in [0.25, 0.3) is 0 Å². The topological polar surface area (TPSA) is 70.0 Å². The number of likely N-dealkylation sites (N-methyl/N-ethyl adjacent to an activating group) is 1. The van der Waals surface area contributed by atoms with E-state index >= 15 is 0 Å². The predicted molar refractivity (Wildman–Crippen MR) is 102 cm³/mol. The van der Waals surface area contributed by atoms with Gasteiger partial charge in [-0.3, -0.25) is 4.79 Å². The highest BCUT2D eigenvalue weighted by Gasteiger charge is 2.44. The summed E-state index contributed by atoms with van der Waals surface area (Å²) < 4.78 is 5.59. The van der Waals surface area contributed by atoms with Crippen LogP contribution in [0.3, 0.4) is 0 Å². The van der Waals surface area contributed by atoms with Crippen molar-refractivity contribution in [2.24, 2.45) is 11.8 Å². The molecule has 5 nitrogen and oxygen atoms in total. The summed E-state index contributed by atoms with van der Waals surface area (Å²) in [6, 6.07) is -0.234. The highest BCUT2D eigenvalue weighted by atomic mass is 16.6. The van der Waals surface area contributed by atoms with Crippen molar-refractivity contribution in [3.8, 4) is 0 Å². The molecule has 0 saturated carbocycles. The molecule has 0 amide bonds. The van der Waals surface area contributed by atoms with Crippen LogP contribution in [0.15, 0.2) is 0 Å². The van der Waals surface area contributed by atoms with E-state index in [0.717, 1.165) is 25.8 Å². The molecule has 0 aliphatic rings. The van der Waals surface area contributed by atoms with Crippen LogP contribution >= 0.6 is 0 Å². The monoisotopic (exact) mass is 359 g/mol. The molecular formula is C20H41NO4. The Morgan fingerprint density at radius 2 is 1.76 bits per heavy atom. The first kappa shape index (κ1) is 24.4. The second kappa shape index (κ2) is 11.1. The molecule has 0 fully saturated rings. The predicted octanol–water partition coefficient (Wildman–Crippen LogP) is 3.22. The first-order valence-electron chi connectivity index (χ1n) is 9.80. The minimum atomic E-state index is -1.50. The van der Waals surface area contributed by atoms with Gasteiger partial charge in [-0.1, -0.05) is 41.0 Å². The Bertz CT molecular complexity index is 384. The number of esters is 1. The first-order chi connectivity index (χ1) is 11.5. The van der Waals surface area contributed by atoms with Crippen LogP contribution in [-0.4, -0.2) is 58.5 Å². The number of hydrogen-bond donors (Lipinski definition) is 2. The molecule has 25 heavy (non-hydrogen) atoms. The van der Waals surface area contributed by atoms with Crippen molar-refractivity contribution >= 4 is 5.97 Å². The normalized spacial score (nSPS) is 19.4. The summed E-state index contributed by atoms with van der Waals surface area (Å²) in [5, 5.41) is 21.7. The van der Waals surface area contributed by atoms with Gasteiger partial charge in [0.1, 0.15) is 17.8 Å². The lowest BCUT2D eigenvalue weighted by atomic mass is 9.86. The number of rotatable bonds is 12. The van der Waals surface area contributed by atoms with E-state index in [4.69, 9.17) is 4.74 Å². The van der Waals surface area contributed by atoms with E-state index in [1.54, 1.807) is 6.92 Å². The zero-order chi connectivity index (χ0) is 19.8. The average molecular weight is 360 g/mol. The van der Waals surface area contributed by atoms with Crippen LogP contribution in [0.4, 0.5) is 0 Å². The van der Waals surface area contributed by atoms with Gasteiger partial charge in [-0.25, -0.2) is 0 Å². The highest BCUT2D eigenvalue weighted by molar-refractivity contribution is 5.72. The summed E-state index contributed by atoms with van der Waals surface area (Å²) in [6.07, 6.45) is 1.58. The SMILES string of the molecule is CCCCN(C)C(C)C(O)C(C)(O)C(CC)OC(=O)C(C)CC(C)C. The quantitative estimate of drug-likeness (QED) is 0.524. The lowest BCUT2D eigenvalue weighted by Gasteiger charge is -2.41. The van der Waals surface area contributed by atoms with Gasteiger partial charge in [-0.05, 0) is 52.6 Å². The molecule has 0 bridgehead atoms. The van der Waals surface area contributed by atoms with Gasteiger partial charge in [0.25, 0.3) is 0 Å². The molecule has 2 N–H and O–H groups in total. The van der Waals surface area contributed by atoms with Gasteiger partial charge in [-0.15, -0.1) is 0 Å². The fraction of sp³-hybridized carbons (Fsp3) is 0.950. The highest BCUT2D eigenvalue weighted by Crippen LogP contribution is 2.26. The minimum Gasteiger partial charge on any atom is -0.459 e. The third-order valence-electron chi connectivity index (χ3n) is 5.12. The molecule has 5 atom stereocenters. The summed E-state index contributed by atoms with van der Waals surface area (Å²) in [5.74, 6) is -0.118. The fourth-order valence-electron chi connectivity index (χ4n) is 3.21. The number of aliphatic hydroxyl groups is 2. The van der Waals surface area contributed by atoms with E-state index in [1.165, 1.54) is 0 Å². The molecule has 0 aliphatic heterocycles. The maximum absolute atomic E-state index is 12.3. The van der Waals surface area contributed by atoms with Crippen molar-refractivity contribution in [1.29, 1.82) is 0 Å². The zero-order valence-corrected chi connectivity index (χ0v) is 17.6. The van der Waals surface area contributed by atoms with Crippen LogP contribution in [0.5, 0.6) is 0 Å². The molecule has 0 heterocycles. The summed E-state index contributed by atoms with van der Waals surface area (Å²) >= 11 is 0. The summed E-state index contributed by atoms with van der Waals surface area (Å²) in [7, 11) is 1.94. The number of nitrogens with zero attached hydrogens (tertiary/aromatic N) is 1. The van der Waals surface area contributed by atoms with Gasteiger partial charge in [-0.2, -0.15) is 0 Å². The minimum absolute atomic E-state index is 0.216. The average Bonchev–Trinajstić information content (AvgIpc) is 2.54. The second-order valence-corrected chi connectivity index (χ2v) is 8.11. The van der Waals surface area contributed by atoms with Crippen molar-refractivity contribution in [3.63, 3.8) is 0 Å². The summed E-state index contributed by atoms with van der Waals surface area (Å²) in [5.41, 5.74) is -1.50. The molecular weight excluding hydrogens is 318 g/mol. The first-order valence-corrected chi connectivity index (χ1v) is 9.80. The Morgan fingerprint density at radius 1 is 1.20 bits per heavy atom. The number of hydrogen-bond acceptors (Lipinski definition) is 5. The lowest BCUT2D eigenvalue weighted by molar-refractivity contribution is -0.189. The Labute approximate surface area is 154 Å². The number of carbonyl (C=O) groups is 1. The number of ether oxygens (including phenoxy) is 1. The maximum atomic E-state index is 12.3. The van der Waals surface area contributed by atoms with Crippen molar-refractivity contribution in [2.75, 3.05) is 13.6 Å². The third kappa shape index (κ3) is 7.63. The Kier molecular flexibility index (Phi) is 10.9. The van der Waals surface area contributed by atoms with E-state index in [9.17, 15) is 15.0 Å². The summed E-state index contributed by atoms with van der Waals surface area (Å²) in [6.45, 7) is 14.3. The lowest BCUT2D eigenvalue weighted by Crippen LogP contribution is -2.58. The van der Waals surface area contributed by atoms with Crippen LogP contribution in [0.1, 0.15) is 74.1 Å². The molecule has 0 radical (unpaired) electrons. The van der Waals surface area contributed by atoms with Crippen molar-refractivity contribution in [1.82, 2.24) is 4.90 Å². The van der Waals surface area contributed by atoms with Gasteiger partial charge in [0.2, 0.25) is 0 Å². The van der Waals surface area contributed by atoms with Gasteiger partial charge in [0.05, 0.1) is 5.92 Å². The molecule has 0 aromatic carbocycles. The van der Waals surface area contributed by atoms with Gasteiger partial charge >= 0.3 is 5.97 Å². The fourth-order valence-corrected chi connectivity index (χ4v) is 3.21. The van der Waals surface area contributed by atoms with Crippen molar-refractivity contribution < 1.29 is 19.7 Å². The number of aliphatic hydroxyl groups excluding tert-OH is 1. The van der Waals surface area contributed by atoms with Crippen LogP contribution in [0.2, 0.25) is 0 Å². The van der Waals surface area contributed by atoms with Crippen molar-refractivity contribution in [3.05, 3.63) is 0 Å². The Morgan fingerprint density at radius 3 is 2.20 bits per heavy atom. The van der Waals surface area contributed by atoms with Crippen LogP contribution < -0.4 is 0 Å². The smallest absolute Gasteiger partial charge is 0.309 e. The summed E-state index contributed by atoms with van der Waals surface area (Å²) in [4.78, 5) is 14.4. The van der Waals surface area contributed by atoms with E-state index in [2.05, 4.69) is 20.8 Å². The van der Waals surface area contributed by atoms with E-state index in [0.29, 0.717) is 12.3 Å². The molecule has 5 heteroatoms. The van der Waals surface area contributed by atoms with Gasteiger partial charge in [0.15, 0.2) is 0 Å². The number of unbranched alkanes of at least 4 members (excludes halogenated alkanes) is 1. The molecule has 0 saturated heterocycles. The van der Waals surface area contributed by atoms with Crippen molar-refractivity contribution in [2.45, 2.75) is 98.0 Å². The molecule has 0 aromatic rings. The maximum Gasteiger partial charge on any atom is 0.309 e. The molecule has 5 unspecified atom stereocenters. The zero-order valence-electron chi connectivity index (χ0n) is 17.6. The molecule has 150 valence electrons.